The van der Waals surface area contributed by atoms with Gasteiger partial charge in [-0.3, -0.25) is 19.8 Å². The zero-order valence-corrected chi connectivity index (χ0v) is 39.8. The number of ether oxygens (including phenoxy) is 2. The topological polar surface area (TPSA) is 183 Å². The number of nitro groups is 1. The van der Waals surface area contributed by atoms with Crippen molar-refractivity contribution in [2.24, 2.45) is 11.3 Å². The maximum absolute atomic E-state index is 14.4. The highest BCUT2D eigenvalue weighted by Crippen LogP contribution is 2.44. The summed E-state index contributed by atoms with van der Waals surface area (Å²) in [5, 5.41) is 24.1. The molecule has 1 saturated carbocycles. The van der Waals surface area contributed by atoms with Crippen molar-refractivity contribution in [1.29, 1.82) is 0 Å². The van der Waals surface area contributed by atoms with Crippen LogP contribution in [-0.2, 0) is 10.0 Å². The van der Waals surface area contributed by atoms with Gasteiger partial charge in [0.2, 0.25) is 5.88 Å². The molecule has 15 nitrogen and oxygen atoms in total. The minimum atomic E-state index is -4.62. The van der Waals surface area contributed by atoms with Crippen molar-refractivity contribution < 1.29 is 32.7 Å². The van der Waals surface area contributed by atoms with Gasteiger partial charge in [0, 0.05) is 67.6 Å². The Labute approximate surface area is 396 Å². The first-order valence-corrected chi connectivity index (χ1v) is 25.0. The highest BCUT2D eigenvalue weighted by atomic mass is 35.5. The molecule has 2 aliphatic heterocycles. The third-order valence-electron chi connectivity index (χ3n) is 13.9. The number of aromatic nitrogens is 2. The molecule has 0 spiro atoms. The summed E-state index contributed by atoms with van der Waals surface area (Å²) in [5.74, 6) is -0.497. The summed E-state index contributed by atoms with van der Waals surface area (Å²) >= 11 is 6.27. The first-order valence-electron chi connectivity index (χ1n) is 23.2. The van der Waals surface area contributed by atoms with E-state index in [-0.39, 0.29) is 29.3 Å². The van der Waals surface area contributed by atoms with Crippen molar-refractivity contribution in [2.45, 2.75) is 82.6 Å². The second kappa shape index (κ2) is 18.8. The Morgan fingerprint density at radius 3 is 2.49 bits per heavy atom. The lowest BCUT2D eigenvalue weighted by Gasteiger charge is -2.39. The van der Waals surface area contributed by atoms with Crippen LogP contribution in [0.15, 0.2) is 89.5 Å². The van der Waals surface area contributed by atoms with Crippen LogP contribution in [0.25, 0.3) is 16.6 Å². The Kier molecular flexibility index (Phi) is 13.0. The molecule has 0 unspecified atom stereocenters. The van der Waals surface area contributed by atoms with Gasteiger partial charge in [0.15, 0.2) is 5.75 Å². The second-order valence-corrected chi connectivity index (χ2v) is 21.7. The maximum atomic E-state index is 14.4. The quantitative estimate of drug-likeness (QED) is 0.0797. The van der Waals surface area contributed by atoms with Gasteiger partial charge in [-0.2, -0.15) is 4.98 Å². The number of nitrogens with zero attached hydrogens (tertiary/aromatic N) is 5. The maximum Gasteiger partial charge on any atom is 0.312 e. The third kappa shape index (κ3) is 10.4. The van der Waals surface area contributed by atoms with E-state index in [0.717, 1.165) is 74.1 Å². The van der Waals surface area contributed by atoms with Gasteiger partial charge >= 0.3 is 5.69 Å². The fourth-order valence-electron chi connectivity index (χ4n) is 9.88. The lowest BCUT2D eigenvalue weighted by molar-refractivity contribution is -0.386. The number of rotatable bonds is 12. The number of hydrogen-bond donors (Lipinski definition) is 3. The van der Waals surface area contributed by atoms with E-state index < -0.39 is 37.0 Å². The number of anilines is 3. The molecule has 2 aromatic heterocycles. The Morgan fingerprint density at radius 2 is 1.75 bits per heavy atom. The van der Waals surface area contributed by atoms with E-state index in [1.807, 2.05) is 41.3 Å². The van der Waals surface area contributed by atoms with Crippen LogP contribution in [0, 0.1) is 21.4 Å². The molecule has 17 heteroatoms. The fourth-order valence-corrected chi connectivity index (χ4v) is 11.0. The number of amides is 1. The molecule has 3 aromatic carbocycles. The normalized spacial score (nSPS) is 21.4. The van der Waals surface area contributed by atoms with Gasteiger partial charge in [0.05, 0.1) is 39.9 Å². The van der Waals surface area contributed by atoms with Gasteiger partial charge in [0.1, 0.15) is 11.3 Å². The molecular weight excluding hydrogens is 894 g/mol. The van der Waals surface area contributed by atoms with Gasteiger partial charge in [-0.05, 0) is 135 Å². The molecule has 0 radical (unpaired) electrons. The van der Waals surface area contributed by atoms with Crippen LogP contribution < -0.4 is 24.0 Å². The largest absolute Gasteiger partial charge is 0.487 e. The van der Waals surface area contributed by atoms with Gasteiger partial charge in [-0.1, -0.05) is 43.2 Å². The molecule has 2 fully saturated rings. The summed E-state index contributed by atoms with van der Waals surface area (Å²) in [4.78, 5) is 40.1. The zero-order valence-electron chi connectivity index (χ0n) is 38.2. The summed E-state index contributed by atoms with van der Waals surface area (Å²) in [7, 11) is -4.62. The van der Waals surface area contributed by atoms with Crippen LogP contribution in [0.2, 0.25) is 5.02 Å². The average molecular weight is 953 g/mol. The lowest BCUT2D eigenvalue weighted by Crippen LogP contribution is -2.47. The third-order valence-corrected chi connectivity index (χ3v) is 15.5. The van der Waals surface area contributed by atoms with E-state index in [0.29, 0.717) is 68.2 Å². The number of benzene rings is 3. The van der Waals surface area contributed by atoms with Gasteiger partial charge in [-0.15, -0.1) is 0 Å². The van der Waals surface area contributed by atoms with Gasteiger partial charge < -0.3 is 29.4 Å². The smallest absolute Gasteiger partial charge is 0.312 e. The van der Waals surface area contributed by atoms with E-state index in [9.17, 15) is 28.4 Å². The number of H-pyrrole nitrogens is 1. The molecular formula is C50H58ClN7O8S. The average Bonchev–Trinajstić information content (AvgIpc) is 3.66. The SMILES string of the molecule is CC1(C)CCC(CN2CCN(c3ccc(C(=O)NS(=O)(=O)c4ccc(OC[C@H]5CC[C@](C)(O)CC5)c([N+](=O)[O-])c4)c(N4CCCOc5nc6[nH]ccc6cc54)c3)CC2)=C(c2ccc(Cl)cc2)C1. The van der Waals surface area contributed by atoms with Crippen molar-refractivity contribution in [1.82, 2.24) is 19.6 Å². The van der Waals surface area contributed by atoms with E-state index >= 15 is 0 Å². The number of halogens is 1. The molecule has 0 bridgehead atoms. The summed E-state index contributed by atoms with van der Waals surface area (Å²) in [5.41, 5.74) is 5.78. The second-order valence-electron chi connectivity index (χ2n) is 19.5. The number of aromatic amines is 1. The molecule has 5 aromatic rings. The number of carbonyl (C=O) groups is 1. The lowest BCUT2D eigenvalue weighted by atomic mass is 9.72. The molecule has 67 heavy (non-hydrogen) atoms. The van der Waals surface area contributed by atoms with E-state index in [4.69, 9.17) is 26.1 Å². The van der Waals surface area contributed by atoms with Crippen molar-refractivity contribution in [3.63, 3.8) is 0 Å². The predicted octanol–water partition coefficient (Wildman–Crippen LogP) is 9.27. The van der Waals surface area contributed by atoms with Crippen molar-refractivity contribution in [3.05, 3.63) is 111 Å². The van der Waals surface area contributed by atoms with Crippen LogP contribution in [0.3, 0.4) is 0 Å². The van der Waals surface area contributed by atoms with E-state index in [2.05, 4.69) is 45.5 Å². The number of carbonyl (C=O) groups excluding carboxylic acids is 1. The van der Waals surface area contributed by atoms with Crippen LogP contribution in [0.5, 0.6) is 11.6 Å². The van der Waals surface area contributed by atoms with Crippen molar-refractivity contribution in [3.8, 4) is 11.6 Å². The highest BCUT2D eigenvalue weighted by molar-refractivity contribution is 7.90. The first-order chi connectivity index (χ1) is 32.0. The number of nitrogens with one attached hydrogen (secondary N) is 2. The number of piperazine rings is 1. The van der Waals surface area contributed by atoms with Crippen molar-refractivity contribution >= 4 is 66.9 Å². The molecule has 2 aliphatic carbocycles. The molecule has 4 heterocycles. The number of fused-ring (bicyclic) bond motifs is 2. The number of aliphatic hydroxyl groups is 1. The predicted molar refractivity (Wildman–Crippen MR) is 260 cm³/mol. The number of nitro benzene ring substituents is 1. The monoisotopic (exact) mass is 951 g/mol. The molecule has 1 saturated heterocycles. The summed E-state index contributed by atoms with van der Waals surface area (Å²) < 4.78 is 42.1. The van der Waals surface area contributed by atoms with Gasteiger partial charge in [0.25, 0.3) is 15.9 Å². The van der Waals surface area contributed by atoms with E-state index in [1.165, 1.54) is 28.8 Å². The Hall–Kier alpha value is -5.68. The summed E-state index contributed by atoms with van der Waals surface area (Å²) in [6.45, 7) is 11.5. The van der Waals surface area contributed by atoms with Gasteiger partial charge in [-0.25, -0.2) is 13.1 Å². The number of sulfonamides is 1. The summed E-state index contributed by atoms with van der Waals surface area (Å²) in [6.07, 6.45) is 8.17. The Balaban J connectivity index is 0.975. The molecule has 1 amide bonds. The summed E-state index contributed by atoms with van der Waals surface area (Å²) in [6, 6.07) is 20.8. The highest BCUT2D eigenvalue weighted by Gasteiger charge is 2.33. The number of hydrogen-bond acceptors (Lipinski definition) is 12. The zero-order chi connectivity index (χ0) is 47.1. The molecule has 9 rings (SSSR count). The first kappa shape index (κ1) is 46.4. The van der Waals surface area contributed by atoms with Crippen LogP contribution in [0.1, 0.15) is 88.1 Å². The van der Waals surface area contributed by atoms with Crippen LogP contribution in [-0.4, -0.2) is 97.3 Å². The Bertz CT molecular complexity index is 2810. The van der Waals surface area contributed by atoms with Crippen molar-refractivity contribution in [2.75, 3.05) is 62.3 Å². The molecule has 0 atom stereocenters. The minimum Gasteiger partial charge on any atom is -0.487 e. The molecule has 354 valence electrons. The molecule has 4 aliphatic rings. The fraction of sp³-hybridized carbons (Fsp3) is 0.440. The Morgan fingerprint density at radius 1 is 0.985 bits per heavy atom. The number of pyridine rings is 1. The van der Waals surface area contributed by atoms with E-state index in [1.54, 1.807) is 19.2 Å². The standard InChI is InChI=1S/C50H58ClN7O8S/c1-49(2)17-15-36(41(30-49)34-5-7-37(51)8-6-34)31-55-22-24-56(25-23-55)38-9-11-40(42(28-38)57-21-4-26-65-48-44(57)27-35-16-20-52-46(35)53-48)47(59)54-67(63,64)39-10-12-45(43(29-39)58(61)62)66-32-33-13-18-50(3,60)19-14-33/h5-12,16,20,27-29,33,60H,4,13-15,17-19,21-26,30-32H2,1-3H3,(H,52,53)(H,54,59)/t33-,50-. The minimum absolute atomic E-state index is 0.0729. The molecule has 3 N–H and O–H groups in total. The van der Waals surface area contributed by atoms with Crippen LogP contribution >= 0.6 is 11.6 Å². The van der Waals surface area contributed by atoms with Crippen LogP contribution in [0.4, 0.5) is 22.7 Å². The number of allylic oxidation sites excluding steroid dienone is 1.